The van der Waals surface area contributed by atoms with Crippen molar-refractivity contribution in [2.24, 2.45) is 0 Å². The van der Waals surface area contributed by atoms with E-state index in [9.17, 15) is 0 Å². The van der Waals surface area contributed by atoms with Crippen LogP contribution in [0.1, 0.15) is 11.1 Å². The smallest absolute Gasteiger partial charge is 0.129 e. The van der Waals surface area contributed by atoms with Gasteiger partial charge in [0.15, 0.2) is 0 Å². The van der Waals surface area contributed by atoms with Gasteiger partial charge in [0.2, 0.25) is 0 Å². The fourth-order valence-corrected chi connectivity index (χ4v) is 6.16. The number of benzene rings is 5. The van der Waals surface area contributed by atoms with Crippen molar-refractivity contribution >= 4 is 26.8 Å². The van der Waals surface area contributed by atoms with Crippen LogP contribution in [0.15, 0.2) is 120 Å². The van der Waals surface area contributed by atoms with Crippen molar-refractivity contribution < 1.29 is 18.9 Å². The highest BCUT2D eigenvalue weighted by atomic mass is 79.9. The lowest BCUT2D eigenvalue weighted by atomic mass is 9.98. The van der Waals surface area contributed by atoms with E-state index in [1.54, 1.807) is 21.3 Å². The molecule has 1 heterocycles. The first-order valence-corrected chi connectivity index (χ1v) is 15.3. The van der Waals surface area contributed by atoms with E-state index in [4.69, 9.17) is 18.9 Å². The Hall–Kier alpha value is -4.68. The number of rotatable bonds is 11. The molecule has 6 rings (SSSR count). The third kappa shape index (κ3) is 6.17. The molecule has 0 amide bonds. The second-order valence-electron chi connectivity index (χ2n) is 10.5. The predicted molar refractivity (Wildman–Crippen MR) is 181 cm³/mol. The quantitative estimate of drug-likeness (QED) is 0.140. The van der Waals surface area contributed by atoms with Gasteiger partial charge in [-0.3, -0.25) is 0 Å². The van der Waals surface area contributed by atoms with E-state index in [0.717, 1.165) is 79.2 Å². The van der Waals surface area contributed by atoms with Crippen molar-refractivity contribution in [3.8, 4) is 45.3 Å². The van der Waals surface area contributed by atoms with E-state index in [1.807, 2.05) is 42.5 Å². The lowest BCUT2D eigenvalue weighted by Crippen LogP contribution is -2.02. The standard InChI is InChI=1S/C38H34BrNO4/c1-41-30-17-11-28(12-18-30)33-24-40(22-21-26-9-15-32(16-10-26)44-25-27-7-5-4-6-8-27)38-36(29-13-19-31(42-2)20-14-29)35(43-3)23-34(39)37(33)38/h4-20,23-24H,21-22,25H2,1-3H3. The lowest BCUT2D eigenvalue weighted by Gasteiger charge is -2.16. The highest BCUT2D eigenvalue weighted by Gasteiger charge is 2.22. The first-order valence-electron chi connectivity index (χ1n) is 14.5. The average molecular weight is 649 g/mol. The zero-order valence-electron chi connectivity index (χ0n) is 25.0. The molecule has 0 bridgehead atoms. The molecule has 0 aliphatic rings. The van der Waals surface area contributed by atoms with Gasteiger partial charge < -0.3 is 23.5 Å². The van der Waals surface area contributed by atoms with Crippen LogP contribution in [-0.2, 0) is 19.6 Å². The van der Waals surface area contributed by atoms with Crippen molar-refractivity contribution in [3.05, 3.63) is 131 Å². The Morgan fingerprint density at radius 2 is 1.25 bits per heavy atom. The van der Waals surface area contributed by atoms with Gasteiger partial charge in [0, 0.05) is 33.7 Å². The maximum atomic E-state index is 6.01. The molecule has 5 aromatic carbocycles. The summed E-state index contributed by atoms with van der Waals surface area (Å²) in [5.41, 5.74) is 7.84. The summed E-state index contributed by atoms with van der Waals surface area (Å²) >= 11 is 3.89. The van der Waals surface area contributed by atoms with Crippen LogP contribution in [0.2, 0.25) is 0 Å². The van der Waals surface area contributed by atoms with Gasteiger partial charge in [-0.15, -0.1) is 0 Å². The summed E-state index contributed by atoms with van der Waals surface area (Å²) in [5, 5.41) is 1.13. The van der Waals surface area contributed by atoms with E-state index in [-0.39, 0.29) is 0 Å². The molecule has 0 aliphatic carbocycles. The molecule has 5 nitrogen and oxygen atoms in total. The Labute approximate surface area is 266 Å². The summed E-state index contributed by atoms with van der Waals surface area (Å²) in [6, 6.07) is 37.1. The maximum Gasteiger partial charge on any atom is 0.129 e. The van der Waals surface area contributed by atoms with Gasteiger partial charge in [-0.1, -0.05) is 66.7 Å². The Bertz CT molecular complexity index is 1850. The summed E-state index contributed by atoms with van der Waals surface area (Å²) in [5.74, 6) is 3.30. The number of aryl methyl sites for hydroxylation is 2. The molecule has 6 heteroatoms. The van der Waals surface area contributed by atoms with Crippen LogP contribution in [0.25, 0.3) is 33.2 Å². The van der Waals surface area contributed by atoms with Crippen LogP contribution in [0, 0.1) is 0 Å². The van der Waals surface area contributed by atoms with Crippen molar-refractivity contribution in [1.29, 1.82) is 0 Å². The first-order chi connectivity index (χ1) is 21.6. The molecule has 0 N–H and O–H groups in total. The number of fused-ring (bicyclic) bond motifs is 1. The topological polar surface area (TPSA) is 41.9 Å². The minimum atomic E-state index is 0.550. The molecule has 0 saturated carbocycles. The molecule has 0 atom stereocenters. The number of nitrogens with zero attached hydrogens (tertiary/aromatic N) is 1. The Kier molecular flexibility index (Phi) is 8.89. The monoisotopic (exact) mass is 647 g/mol. The van der Waals surface area contributed by atoms with E-state index in [0.29, 0.717) is 6.61 Å². The number of ether oxygens (including phenoxy) is 4. The second kappa shape index (κ2) is 13.3. The summed E-state index contributed by atoms with van der Waals surface area (Å²) in [6.45, 7) is 1.33. The zero-order valence-corrected chi connectivity index (χ0v) is 26.6. The highest BCUT2D eigenvalue weighted by Crippen LogP contribution is 2.46. The van der Waals surface area contributed by atoms with Gasteiger partial charge in [0.1, 0.15) is 29.6 Å². The molecule has 0 spiro atoms. The predicted octanol–water partition coefficient (Wildman–Crippen LogP) is 9.59. The SMILES string of the molecule is COc1ccc(-c2cn(CCc3ccc(OCc4ccccc4)cc3)c3c(-c4ccc(OC)cc4)c(OC)cc(Br)c23)cc1. The molecule has 0 aliphatic heterocycles. The van der Waals surface area contributed by atoms with Crippen LogP contribution < -0.4 is 18.9 Å². The molecule has 1 aromatic heterocycles. The molecule has 0 fully saturated rings. The number of methoxy groups -OCH3 is 3. The Balaban J connectivity index is 1.38. The fraction of sp³-hybridized carbons (Fsp3) is 0.158. The summed E-state index contributed by atoms with van der Waals surface area (Å²) in [7, 11) is 5.09. The fourth-order valence-electron chi connectivity index (χ4n) is 5.55. The minimum absolute atomic E-state index is 0.550. The maximum absolute atomic E-state index is 6.01. The molecule has 6 aromatic rings. The van der Waals surface area contributed by atoms with E-state index < -0.39 is 0 Å². The van der Waals surface area contributed by atoms with Gasteiger partial charge in [-0.2, -0.15) is 0 Å². The average Bonchev–Trinajstić information content (AvgIpc) is 3.47. The van der Waals surface area contributed by atoms with E-state index in [2.05, 4.69) is 93.4 Å². The number of hydrogen-bond acceptors (Lipinski definition) is 4. The van der Waals surface area contributed by atoms with Gasteiger partial charge in [0.05, 0.1) is 26.8 Å². The van der Waals surface area contributed by atoms with Crippen LogP contribution in [-0.4, -0.2) is 25.9 Å². The first kappa shape index (κ1) is 29.4. The number of hydrogen-bond donors (Lipinski definition) is 0. The molecule has 0 unspecified atom stereocenters. The third-order valence-electron chi connectivity index (χ3n) is 7.87. The lowest BCUT2D eigenvalue weighted by molar-refractivity contribution is 0.306. The molecular formula is C38H34BrNO4. The van der Waals surface area contributed by atoms with Crippen molar-refractivity contribution in [1.82, 2.24) is 4.57 Å². The minimum Gasteiger partial charge on any atom is -0.497 e. The van der Waals surface area contributed by atoms with Crippen LogP contribution in [0.3, 0.4) is 0 Å². The van der Waals surface area contributed by atoms with Crippen LogP contribution >= 0.6 is 15.9 Å². The molecule has 44 heavy (non-hydrogen) atoms. The Morgan fingerprint density at radius 1 is 0.636 bits per heavy atom. The van der Waals surface area contributed by atoms with Crippen molar-refractivity contribution in [3.63, 3.8) is 0 Å². The number of halogens is 1. The van der Waals surface area contributed by atoms with E-state index >= 15 is 0 Å². The van der Waals surface area contributed by atoms with Gasteiger partial charge in [0.25, 0.3) is 0 Å². The molecule has 222 valence electrons. The zero-order chi connectivity index (χ0) is 30.5. The second-order valence-corrected chi connectivity index (χ2v) is 11.4. The molecule has 0 saturated heterocycles. The van der Waals surface area contributed by atoms with Crippen molar-refractivity contribution in [2.45, 2.75) is 19.6 Å². The van der Waals surface area contributed by atoms with Gasteiger partial charge >= 0.3 is 0 Å². The van der Waals surface area contributed by atoms with E-state index in [1.165, 1.54) is 5.56 Å². The van der Waals surface area contributed by atoms with Gasteiger partial charge in [-0.25, -0.2) is 0 Å². The largest absolute Gasteiger partial charge is 0.497 e. The van der Waals surface area contributed by atoms with Gasteiger partial charge in [-0.05, 0) is 87.1 Å². The highest BCUT2D eigenvalue weighted by molar-refractivity contribution is 9.10. The Morgan fingerprint density at radius 3 is 1.86 bits per heavy atom. The summed E-state index contributed by atoms with van der Waals surface area (Å²) in [4.78, 5) is 0. The van der Waals surface area contributed by atoms with Crippen LogP contribution in [0.5, 0.6) is 23.0 Å². The molecule has 0 radical (unpaired) electrons. The third-order valence-corrected chi connectivity index (χ3v) is 8.50. The number of aromatic nitrogens is 1. The summed E-state index contributed by atoms with van der Waals surface area (Å²) < 4.78 is 26.2. The molecular weight excluding hydrogens is 614 g/mol. The summed E-state index contributed by atoms with van der Waals surface area (Å²) in [6.07, 6.45) is 3.10. The van der Waals surface area contributed by atoms with Crippen molar-refractivity contribution in [2.75, 3.05) is 21.3 Å². The van der Waals surface area contributed by atoms with Crippen LogP contribution in [0.4, 0.5) is 0 Å². The normalized spacial score (nSPS) is 11.0.